The van der Waals surface area contributed by atoms with Crippen molar-refractivity contribution < 1.29 is 35.2 Å². The minimum absolute atomic E-state index is 0.0231. The second kappa shape index (κ2) is 7.96. The normalized spacial score (nSPS) is 12.3. The van der Waals surface area contributed by atoms with Crippen LogP contribution in [0, 0.1) is 0 Å². The topological polar surface area (TPSA) is 173 Å². The Bertz CT molecular complexity index is 225. The molecular weight excluding hydrogens is 224 g/mol. The summed E-state index contributed by atoms with van der Waals surface area (Å²) in [6.45, 7) is 0.993. The number of nitrogens with two attached hydrogens (primary N) is 1. The molecule has 1 atom stereocenters. The summed E-state index contributed by atoms with van der Waals surface area (Å²) in [5.41, 5.74) is 6.22. The smallest absolute Gasteiger partial charge is 0.320 e. The van der Waals surface area contributed by atoms with E-state index in [4.69, 9.17) is 31.4 Å². The van der Waals surface area contributed by atoms with Gasteiger partial charge >= 0.3 is 11.9 Å². The van der Waals surface area contributed by atoms with E-state index in [9.17, 15) is 9.59 Å². The first-order chi connectivity index (χ1) is 7.10. The van der Waals surface area contributed by atoms with Gasteiger partial charge in [-0.2, -0.15) is 5.48 Å². The summed E-state index contributed by atoms with van der Waals surface area (Å²) in [6.07, 6.45) is -0.224. The lowest BCUT2D eigenvalue weighted by Crippen LogP contribution is -2.39. The summed E-state index contributed by atoms with van der Waals surface area (Å²) in [5, 5.41) is 40.0. The Morgan fingerprint density at radius 3 is 1.94 bits per heavy atom. The SMILES string of the molecule is CC(O)(O)NO.NC(CCC(=O)O)C(=O)O. The van der Waals surface area contributed by atoms with Crippen molar-refractivity contribution in [3.63, 3.8) is 0 Å². The molecule has 0 amide bonds. The van der Waals surface area contributed by atoms with E-state index in [0.717, 1.165) is 6.92 Å². The van der Waals surface area contributed by atoms with Crippen LogP contribution in [0.15, 0.2) is 0 Å². The molecule has 9 nitrogen and oxygen atoms in total. The molecule has 0 spiro atoms. The summed E-state index contributed by atoms with van der Waals surface area (Å²) in [5.74, 6) is -4.35. The van der Waals surface area contributed by atoms with Gasteiger partial charge in [0.25, 0.3) is 0 Å². The maximum atomic E-state index is 9.99. The molecule has 0 aromatic heterocycles. The van der Waals surface area contributed by atoms with Crippen LogP contribution in [-0.4, -0.2) is 49.5 Å². The number of aliphatic carboxylic acids is 2. The van der Waals surface area contributed by atoms with Crippen LogP contribution in [0.3, 0.4) is 0 Å². The predicted octanol–water partition coefficient (Wildman–Crippen LogP) is -2.11. The first-order valence-electron chi connectivity index (χ1n) is 4.16. The van der Waals surface area contributed by atoms with Gasteiger partial charge < -0.3 is 31.4 Å². The molecule has 0 aliphatic heterocycles. The molecule has 16 heavy (non-hydrogen) atoms. The first kappa shape index (κ1) is 17.1. The molecule has 0 aromatic carbocycles. The van der Waals surface area contributed by atoms with E-state index >= 15 is 0 Å². The summed E-state index contributed by atoms with van der Waals surface area (Å²) < 4.78 is 0. The maximum absolute atomic E-state index is 9.99. The van der Waals surface area contributed by atoms with E-state index in [-0.39, 0.29) is 12.8 Å². The molecule has 0 aromatic rings. The van der Waals surface area contributed by atoms with Gasteiger partial charge in [-0.25, -0.2) is 0 Å². The molecule has 9 heteroatoms. The van der Waals surface area contributed by atoms with Crippen molar-refractivity contribution in [2.45, 2.75) is 31.7 Å². The summed E-state index contributed by atoms with van der Waals surface area (Å²) in [4.78, 5) is 19.9. The van der Waals surface area contributed by atoms with E-state index < -0.39 is 23.9 Å². The van der Waals surface area contributed by atoms with Gasteiger partial charge in [0.15, 0.2) is 0 Å². The molecule has 0 heterocycles. The zero-order valence-corrected chi connectivity index (χ0v) is 8.62. The van der Waals surface area contributed by atoms with E-state index in [1.165, 1.54) is 5.48 Å². The standard InChI is InChI=1S/C5H9NO4.C2H7NO3/c6-3(5(9)10)1-2-4(7)8;1-2(4,5)3-6/h3H,1-2,6H2,(H,7,8)(H,9,10);3-6H,1H3. The van der Waals surface area contributed by atoms with Crippen molar-refractivity contribution in [3.8, 4) is 0 Å². The highest BCUT2D eigenvalue weighted by molar-refractivity contribution is 5.74. The molecule has 1 unspecified atom stereocenters. The molecule has 0 aliphatic rings. The number of carbonyl (C=O) groups is 2. The lowest BCUT2D eigenvalue weighted by Gasteiger charge is -2.10. The summed E-state index contributed by atoms with van der Waals surface area (Å²) in [6, 6.07) is -1.06. The third kappa shape index (κ3) is 15.2. The van der Waals surface area contributed by atoms with Crippen LogP contribution in [0.4, 0.5) is 0 Å². The van der Waals surface area contributed by atoms with Crippen molar-refractivity contribution in [3.05, 3.63) is 0 Å². The molecule has 96 valence electrons. The van der Waals surface area contributed by atoms with E-state index in [1.807, 2.05) is 0 Å². The number of aliphatic hydroxyl groups is 2. The Kier molecular flexibility index (Phi) is 8.53. The summed E-state index contributed by atoms with van der Waals surface area (Å²) in [7, 11) is 0. The molecule has 0 radical (unpaired) electrons. The average molecular weight is 240 g/mol. The Morgan fingerprint density at radius 2 is 1.75 bits per heavy atom. The molecule has 0 aliphatic carbocycles. The molecular formula is C7H16N2O7. The quantitative estimate of drug-likeness (QED) is 0.209. The van der Waals surface area contributed by atoms with Gasteiger partial charge in [-0.3, -0.25) is 9.59 Å². The fourth-order valence-electron chi connectivity index (χ4n) is 0.402. The van der Waals surface area contributed by atoms with Gasteiger partial charge in [0.2, 0.25) is 5.91 Å². The maximum Gasteiger partial charge on any atom is 0.320 e. The minimum Gasteiger partial charge on any atom is -0.481 e. The van der Waals surface area contributed by atoms with Gasteiger partial charge in [0.1, 0.15) is 6.04 Å². The second-order valence-corrected chi connectivity index (χ2v) is 3.01. The number of carboxylic acid groups (broad SMARTS) is 2. The van der Waals surface area contributed by atoms with Crippen LogP contribution in [0.5, 0.6) is 0 Å². The second-order valence-electron chi connectivity index (χ2n) is 3.01. The van der Waals surface area contributed by atoms with Crippen LogP contribution in [0.25, 0.3) is 0 Å². The number of nitrogens with one attached hydrogen (secondary N) is 1. The average Bonchev–Trinajstić information content (AvgIpc) is 2.13. The van der Waals surface area contributed by atoms with Crippen LogP contribution >= 0.6 is 0 Å². The Morgan fingerprint density at radius 1 is 1.38 bits per heavy atom. The Hall–Kier alpha value is -1.26. The lowest BCUT2D eigenvalue weighted by molar-refractivity contribution is -0.226. The van der Waals surface area contributed by atoms with Crippen LogP contribution in [0.2, 0.25) is 0 Å². The molecule has 0 saturated heterocycles. The Balaban J connectivity index is 0. The van der Waals surface area contributed by atoms with Crippen molar-refractivity contribution in [2.75, 3.05) is 0 Å². The largest absolute Gasteiger partial charge is 0.481 e. The molecule has 0 fully saturated rings. The molecule has 0 saturated carbocycles. The lowest BCUT2D eigenvalue weighted by atomic mass is 10.2. The molecule has 0 bridgehead atoms. The van der Waals surface area contributed by atoms with E-state index in [2.05, 4.69) is 0 Å². The zero-order chi connectivity index (χ0) is 13.4. The Labute approximate surface area is 91.1 Å². The van der Waals surface area contributed by atoms with Crippen LogP contribution in [-0.2, 0) is 9.59 Å². The molecule has 8 N–H and O–H groups in total. The minimum atomic E-state index is -2.15. The monoisotopic (exact) mass is 240 g/mol. The third-order valence-electron chi connectivity index (χ3n) is 1.20. The van der Waals surface area contributed by atoms with Crippen molar-refractivity contribution in [1.82, 2.24) is 5.48 Å². The highest BCUT2D eigenvalue weighted by Gasteiger charge is 2.12. The van der Waals surface area contributed by atoms with Crippen molar-refractivity contribution >= 4 is 11.9 Å². The van der Waals surface area contributed by atoms with E-state index in [1.54, 1.807) is 0 Å². The number of rotatable bonds is 5. The predicted molar refractivity (Wildman–Crippen MR) is 50.2 cm³/mol. The van der Waals surface area contributed by atoms with Crippen molar-refractivity contribution in [1.29, 1.82) is 0 Å². The van der Waals surface area contributed by atoms with Crippen molar-refractivity contribution in [2.24, 2.45) is 5.73 Å². The van der Waals surface area contributed by atoms with Gasteiger partial charge in [-0.05, 0) is 6.42 Å². The number of hydroxylamine groups is 1. The number of hydrogen-bond donors (Lipinski definition) is 7. The fourth-order valence-corrected chi connectivity index (χ4v) is 0.402. The van der Waals surface area contributed by atoms with Crippen LogP contribution in [0.1, 0.15) is 19.8 Å². The molecule has 0 rings (SSSR count). The summed E-state index contributed by atoms with van der Waals surface area (Å²) >= 11 is 0. The highest BCUT2D eigenvalue weighted by atomic mass is 16.6. The zero-order valence-electron chi connectivity index (χ0n) is 8.62. The third-order valence-corrected chi connectivity index (χ3v) is 1.20. The van der Waals surface area contributed by atoms with Gasteiger partial charge in [-0.15, -0.1) is 0 Å². The fraction of sp³-hybridized carbons (Fsp3) is 0.714. The van der Waals surface area contributed by atoms with Gasteiger partial charge in [0.05, 0.1) is 0 Å². The highest BCUT2D eigenvalue weighted by Crippen LogP contribution is 1.93. The first-order valence-corrected chi connectivity index (χ1v) is 4.16. The van der Waals surface area contributed by atoms with Gasteiger partial charge in [-0.1, -0.05) is 0 Å². The number of hydrogen-bond acceptors (Lipinski definition) is 7. The van der Waals surface area contributed by atoms with E-state index in [0.29, 0.717) is 0 Å². The van der Waals surface area contributed by atoms with Gasteiger partial charge in [0, 0.05) is 13.3 Å². The number of carboxylic acids is 2. The van der Waals surface area contributed by atoms with Crippen LogP contribution < -0.4 is 11.2 Å².